The van der Waals surface area contributed by atoms with Crippen molar-refractivity contribution in [2.24, 2.45) is 0 Å². The molecule has 1 aromatic heterocycles. The molecule has 0 fully saturated rings. The number of anilines is 1. The smallest absolute Gasteiger partial charge is 0.261 e. The zero-order valence-corrected chi connectivity index (χ0v) is 16.2. The summed E-state index contributed by atoms with van der Waals surface area (Å²) in [5.74, 6) is 0.112. The first-order valence-electron chi connectivity index (χ1n) is 8.27. The zero-order valence-electron chi connectivity index (χ0n) is 14.7. The minimum absolute atomic E-state index is 0.145. The van der Waals surface area contributed by atoms with Gasteiger partial charge in [-0.15, -0.1) is 0 Å². The van der Waals surface area contributed by atoms with E-state index < -0.39 is 5.79 Å². The van der Waals surface area contributed by atoms with E-state index in [0.29, 0.717) is 28.1 Å². The number of benzene rings is 2. The number of nitrogens with zero attached hydrogens (tertiary/aromatic N) is 2. The van der Waals surface area contributed by atoms with Gasteiger partial charge in [0, 0.05) is 30.1 Å². The Kier molecular flexibility index (Phi) is 4.15. The summed E-state index contributed by atoms with van der Waals surface area (Å²) in [6.07, 6.45) is 1.38. The van der Waals surface area contributed by atoms with E-state index in [0.717, 1.165) is 4.47 Å². The molecule has 0 unspecified atom stereocenters. The molecule has 1 aliphatic heterocycles. The van der Waals surface area contributed by atoms with Crippen LogP contribution in [0.4, 0.5) is 5.69 Å². The van der Waals surface area contributed by atoms with E-state index in [1.165, 1.54) is 10.9 Å². The number of carbonyl (C=O) groups excluding carboxylic acids is 1. The minimum Gasteiger partial charge on any atom is -0.449 e. The molecule has 27 heavy (non-hydrogen) atoms. The van der Waals surface area contributed by atoms with Crippen molar-refractivity contribution in [2.45, 2.75) is 26.2 Å². The fourth-order valence-corrected chi connectivity index (χ4v) is 3.26. The highest BCUT2D eigenvalue weighted by Crippen LogP contribution is 2.40. The molecular formula is C19H16BrN3O4. The third-order valence-corrected chi connectivity index (χ3v) is 4.53. The molecule has 0 spiro atoms. The van der Waals surface area contributed by atoms with Crippen LogP contribution in [-0.2, 0) is 11.3 Å². The molecule has 2 heterocycles. The molecule has 4 rings (SSSR count). The molecule has 1 amide bonds. The number of nitrogens with one attached hydrogen (secondary N) is 1. The second-order valence-corrected chi connectivity index (χ2v) is 7.57. The maximum absolute atomic E-state index is 12.6. The predicted molar refractivity (Wildman–Crippen MR) is 104 cm³/mol. The lowest BCUT2D eigenvalue weighted by atomic mass is 10.2. The lowest BCUT2D eigenvalue weighted by Gasteiger charge is -2.16. The van der Waals surface area contributed by atoms with E-state index in [4.69, 9.17) is 9.47 Å². The molecule has 138 valence electrons. The molecule has 3 aromatic rings. The van der Waals surface area contributed by atoms with Crippen LogP contribution in [0, 0.1) is 0 Å². The van der Waals surface area contributed by atoms with Gasteiger partial charge in [-0.25, -0.2) is 4.98 Å². The third kappa shape index (κ3) is 3.52. The van der Waals surface area contributed by atoms with Gasteiger partial charge in [0.15, 0.2) is 11.5 Å². The van der Waals surface area contributed by atoms with Gasteiger partial charge < -0.3 is 14.8 Å². The van der Waals surface area contributed by atoms with Crippen LogP contribution < -0.4 is 20.3 Å². The Labute approximate surface area is 163 Å². The number of hydrogen-bond donors (Lipinski definition) is 1. The molecule has 0 radical (unpaired) electrons. The van der Waals surface area contributed by atoms with E-state index in [-0.39, 0.29) is 18.0 Å². The van der Waals surface area contributed by atoms with Crippen LogP contribution in [0.5, 0.6) is 11.5 Å². The summed E-state index contributed by atoms with van der Waals surface area (Å²) in [7, 11) is 0. The number of fused-ring (bicyclic) bond motifs is 2. The molecule has 0 saturated heterocycles. The Morgan fingerprint density at radius 1 is 1.19 bits per heavy atom. The molecule has 2 aromatic carbocycles. The van der Waals surface area contributed by atoms with Gasteiger partial charge in [0.05, 0.1) is 17.2 Å². The SMILES string of the molecule is CC1(C)Oc2ccc(NC(=O)Cn3cnc4ccc(Br)cc4c3=O)cc2O1. The van der Waals surface area contributed by atoms with Crippen LogP contribution in [-0.4, -0.2) is 21.2 Å². The van der Waals surface area contributed by atoms with Crippen molar-refractivity contribution in [3.8, 4) is 11.5 Å². The predicted octanol–water partition coefficient (Wildman–Crippen LogP) is 3.31. The molecule has 7 nitrogen and oxygen atoms in total. The van der Waals surface area contributed by atoms with Gasteiger partial charge in [-0.2, -0.15) is 0 Å². The number of ether oxygens (including phenoxy) is 2. The summed E-state index contributed by atoms with van der Waals surface area (Å²) >= 11 is 3.34. The number of halogens is 1. The Morgan fingerprint density at radius 2 is 1.96 bits per heavy atom. The van der Waals surface area contributed by atoms with Crippen LogP contribution in [0.1, 0.15) is 13.8 Å². The molecule has 0 aliphatic carbocycles. The maximum atomic E-state index is 12.6. The van der Waals surface area contributed by atoms with Crippen molar-refractivity contribution in [3.63, 3.8) is 0 Å². The molecule has 1 N–H and O–H groups in total. The lowest BCUT2D eigenvalue weighted by Crippen LogP contribution is -2.29. The van der Waals surface area contributed by atoms with Crippen LogP contribution in [0.25, 0.3) is 10.9 Å². The molecule has 0 saturated carbocycles. The van der Waals surface area contributed by atoms with Crippen molar-refractivity contribution < 1.29 is 14.3 Å². The van der Waals surface area contributed by atoms with Gasteiger partial charge in [0.1, 0.15) is 6.54 Å². The fraction of sp³-hybridized carbons (Fsp3) is 0.211. The Hall–Kier alpha value is -2.87. The van der Waals surface area contributed by atoms with Gasteiger partial charge >= 0.3 is 0 Å². The number of carbonyl (C=O) groups is 1. The topological polar surface area (TPSA) is 82.5 Å². The summed E-state index contributed by atoms with van der Waals surface area (Å²) in [5.41, 5.74) is 0.867. The minimum atomic E-state index is -0.733. The van der Waals surface area contributed by atoms with Crippen molar-refractivity contribution in [2.75, 3.05) is 5.32 Å². The van der Waals surface area contributed by atoms with E-state index in [1.54, 1.807) is 30.3 Å². The van der Waals surface area contributed by atoms with Crippen molar-refractivity contribution in [3.05, 3.63) is 57.6 Å². The average Bonchev–Trinajstić information content (AvgIpc) is 2.91. The summed E-state index contributed by atoms with van der Waals surface area (Å²) in [6.45, 7) is 3.47. The van der Waals surface area contributed by atoms with Gasteiger partial charge in [-0.05, 0) is 30.3 Å². The van der Waals surface area contributed by atoms with Crippen molar-refractivity contribution in [1.82, 2.24) is 9.55 Å². The van der Waals surface area contributed by atoms with Gasteiger partial charge in [0.25, 0.3) is 5.56 Å². The molecule has 8 heteroatoms. The van der Waals surface area contributed by atoms with Crippen molar-refractivity contribution in [1.29, 1.82) is 0 Å². The molecule has 0 atom stereocenters. The van der Waals surface area contributed by atoms with E-state index in [9.17, 15) is 9.59 Å². The number of amides is 1. The highest BCUT2D eigenvalue weighted by molar-refractivity contribution is 9.10. The zero-order chi connectivity index (χ0) is 19.2. The van der Waals surface area contributed by atoms with Crippen molar-refractivity contribution >= 4 is 38.4 Å². The highest BCUT2D eigenvalue weighted by atomic mass is 79.9. The Morgan fingerprint density at radius 3 is 2.78 bits per heavy atom. The number of hydrogen-bond acceptors (Lipinski definition) is 5. The first-order valence-corrected chi connectivity index (χ1v) is 9.07. The van der Waals surface area contributed by atoms with Crippen LogP contribution in [0.15, 0.2) is 52.0 Å². The average molecular weight is 430 g/mol. The lowest BCUT2D eigenvalue weighted by molar-refractivity contribution is -0.116. The van der Waals surface area contributed by atoms with Crippen LogP contribution in [0.2, 0.25) is 0 Å². The Balaban J connectivity index is 1.53. The normalized spacial score (nSPS) is 14.3. The largest absolute Gasteiger partial charge is 0.449 e. The van der Waals surface area contributed by atoms with E-state index in [1.807, 2.05) is 19.9 Å². The first kappa shape index (κ1) is 17.5. The standard InChI is InChI=1S/C19H16BrN3O4/c1-19(2)26-15-6-4-12(8-16(15)27-19)22-17(24)9-23-10-21-14-5-3-11(20)7-13(14)18(23)25/h3-8,10H,9H2,1-2H3,(H,22,24). The first-order chi connectivity index (χ1) is 12.8. The van der Waals surface area contributed by atoms with Crippen LogP contribution >= 0.6 is 15.9 Å². The van der Waals surface area contributed by atoms with Gasteiger partial charge in [-0.1, -0.05) is 15.9 Å². The van der Waals surface area contributed by atoms with Gasteiger partial charge in [-0.3, -0.25) is 14.2 Å². The summed E-state index contributed by atoms with van der Waals surface area (Å²) in [5, 5.41) is 3.21. The highest BCUT2D eigenvalue weighted by Gasteiger charge is 2.31. The van der Waals surface area contributed by atoms with E-state index in [2.05, 4.69) is 26.2 Å². The van der Waals surface area contributed by atoms with E-state index >= 15 is 0 Å². The summed E-state index contributed by atoms with van der Waals surface area (Å²) in [4.78, 5) is 29.2. The third-order valence-electron chi connectivity index (χ3n) is 4.04. The molecule has 1 aliphatic rings. The monoisotopic (exact) mass is 429 g/mol. The fourth-order valence-electron chi connectivity index (χ4n) is 2.90. The maximum Gasteiger partial charge on any atom is 0.261 e. The quantitative estimate of drug-likeness (QED) is 0.690. The second-order valence-electron chi connectivity index (χ2n) is 6.65. The molecule has 0 bridgehead atoms. The van der Waals surface area contributed by atoms with Crippen LogP contribution in [0.3, 0.4) is 0 Å². The van der Waals surface area contributed by atoms with Gasteiger partial charge in [0.2, 0.25) is 11.7 Å². The number of rotatable bonds is 3. The molecular weight excluding hydrogens is 414 g/mol. The second kappa shape index (κ2) is 6.38. The number of aromatic nitrogens is 2. The Bertz CT molecular complexity index is 1120. The summed E-state index contributed by atoms with van der Waals surface area (Å²) < 4.78 is 13.3. The summed E-state index contributed by atoms with van der Waals surface area (Å²) in [6, 6.07) is 10.4.